The quantitative estimate of drug-likeness (QED) is 0.310. The summed E-state index contributed by atoms with van der Waals surface area (Å²) in [4.78, 5) is 26.7. The standard InChI is InChI=1S/C27H31FN4O3S.C2H6/c1-16-9-12-22(21(28)13-16)30-25-23(26(33)29-19-10-11-19)24(17(2)27(34)32(25)5)35-20-8-6-7-18(14-20)15-36-31(3)4;1-2/h6-9,12-14,19,30H,10-11,15H2,1-5H3,(H,29,33);1-2H3. The van der Waals surface area contributed by atoms with Crippen LogP contribution in [0.1, 0.15) is 53.7 Å². The van der Waals surface area contributed by atoms with Gasteiger partial charge in [0.1, 0.15) is 22.9 Å². The van der Waals surface area contributed by atoms with Crippen LogP contribution in [0, 0.1) is 19.7 Å². The molecule has 2 aromatic carbocycles. The highest BCUT2D eigenvalue weighted by atomic mass is 32.2. The molecule has 0 spiro atoms. The maximum absolute atomic E-state index is 14.7. The van der Waals surface area contributed by atoms with Gasteiger partial charge < -0.3 is 15.4 Å². The molecule has 0 atom stereocenters. The molecule has 0 bridgehead atoms. The Labute approximate surface area is 228 Å². The van der Waals surface area contributed by atoms with Crippen molar-refractivity contribution >= 4 is 29.4 Å². The van der Waals surface area contributed by atoms with Crippen molar-refractivity contribution in [3.8, 4) is 11.5 Å². The normalized spacial score (nSPS) is 12.6. The zero-order chi connectivity index (χ0) is 28.0. The largest absolute Gasteiger partial charge is 0.456 e. The van der Waals surface area contributed by atoms with Gasteiger partial charge in [-0.2, -0.15) is 0 Å². The van der Waals surface area contributed by atoms with E-state index in [4.69, 9.17) is 4.74 Å². The fourth-order valence-electron chi connectivity index (χ4n) is 3.75. The van der Waals surface area contributed by atoms with Crippen LogP contribution in [0.2, 0.25) is 0 Å². The van der Waals surface area contributed by atoms with Crippen molar-refractivity contribution in [1.82, 2.24) is 14.2 Å². The zero-order valence-electron chi connectivity index (χ0n) is 23.1. The third-order valence-corrected chi connectivity index (χ3v) is 6.87. The van der Waals surface area contributed by atoms with Gasteiger partial charge in [-0.1, -0.05) is 44.0 Å². The zero-order valence-corrected chi connectivity index (χ0v) is 24.0. The van der Waals surface area contributed by atoms with Crippen LogP contribution in [0.5, 0.6) is 11.5 Å². The number of nitrogens with zero attached hydrogens (tertiary/aromatic N) is 2. The number of hydrogen-bond acceptors (Lipinski definition) is 6. The predicted molar refractivity (Wildman–Crippen MR) is 154 cm³/mol. The predicted octanol–water partition coefficient (Wildman–Crippen LogP) is 6.31. The monoisotopic (exact) mass is 540 g/mol. The number of pyridine rings is 1. The van der Waals surface area contributed by atoms with E-state index in [0.717, 1.165) is 29.7 Å². The Hall–Kier alpha value is -3.30. The van der Waals surface area contributed by atoms with Crippen LogP contribution in [0.4, 0.5) is 15.9 Å². The molecule has 9 heteroatoms. The second kappa shape index (κ2) is 13.0. The Kier molecular flexibility index (Phi) is 9.99. The molecule has 1 aliphatic rings. The lowest BCUT2D eigenvalue weighted by atomic mass is 10.1. The van der Waals surface area contributed by atoms with Crippen LogP contribution in [-0.2, 0) is 12.8 Å². The maximum Gasteiger partial charge on any atom is 0.259 e. The first-order valence-electron chi connectivity index (χ1n) is 12.8. The minimum atomic E-state index is -0.481. The van der Waals surface area contributed by atoms with E-state index in [-0.39, 0.29) is 40.3 Å². The third kappa shape index (κ3) is 7.17. The summed E-state index contributed by atoms with van der Waals surface area (Å²) in [7, 11) is 5.51. The number of anilines is 2. The first-order valence-corrected chi connectivity index (χ1v) is 13.7. The van der Waals surface area contributed by atoms with Crippen molar-refractivity contribution in [3.63, 3.8) is 0 Å². The molecular formula is C29H37FN4O3S. The Balaban J connectivity index is 0.00000195. The second-order valence-corrected chi connectivity index (χ2v) is 10.5. The molecule has 1 amide bonds. The minimum Gasteiger partial charge on any atom is -0.456 e. The van der Waals surface area contributed by atoms with Gasteiger partial charge in [-0.05, 0) is 76.2 Å². The van der Waals surface area contributed by atoms with Crippen LogP contribution in [0.25, 0.3) is 0 Å². The highest BCUT2D eigenvalue weighted by Crippen LogP contribution is 2.35. The highest BCUT2D eigenvalue weighted by molar-refractivity contribution is 7.96. The number of aromatic nitrogens is 1. The van der Waals surface area contributed by atoms with E-state index in [1.165, 1.54) is 10.6 Å². The van der Waals surface area contributed by atoms with E-state index >= 15 is 0 Å². The van der Waals surface area contributed by atoms with Gasteiger partial charge in [-0.25, -0.2) is 4.39 Å². The molecule has 0 aliphatic heterocycles. The van der Waals surface area contributed by atoms with Crippen molar-refractivity contribution in [2.75, 3.05) is 19.4 Å². The lowest BCUT2D eigenvalue weighted by Gasteiger charge is -2.21. The van der Waals surface area contributed by atoms with Gasteiger partial charge in [0, 0.05) is 18.8 Å². The smallest absolute Gasteiger partial charge is 0.259 e. The molecule has 1 aromatic heterocycles. The van der Waals surface area contributed by atoms with Crippen LogP contribution in [-0.4, -0.2) is 34.9 Å². The van der Waals surface area contributed by atoms with E-state index in [2.05, 4.69) is 10.6 Å². The van der Waals surface area contributed by atoms with E-state index in [1.807, 2.05) is 50.4 Å². The molecule has 204 valence electrons. The van der Waals surface area contributed by atoms with Crippen molar-refractivity contribution in [2.45, 2.75) is 52.3 Å². The van der Waals surface area contributed by atoms with Gasteiger partial charge >= 0.3 is 0 Å². The molecule has 0 unspecified atom stereocenters. The first-order chi connectivity index (χ1) is 18.1. The summed E-state index contributed by atoms with van der Waals surface area (Å²) < 4.78 is 24.3. The fourth-order valence-corrected chi connectivity index (χ4v) is 4.34. The molecule has 4 rings (SSSR count). The molecule has 1 heterocycles. The van der Waals surface area contributed by atoms with Crippen LogP contribution in [0.15, 0.2) is 47.3 Å². The number of carbonyl (C=O) groups excluding carboxylic acids is 1. The molecular weight excluding hydrogens is 503 g/mol. The summed E-state index contributed by atoms with van der Waals surface area (Å²) in [5.41, 5.74) is 2.07. The maximum atomic E-state index is 14.7. The fraction of sp³-hybridized carbons (Fsp3) is 0.379. The lowest BCUT2D eigenvalue weighted by Crippen LogP contribution is -2.31. The SMILES string of the molecule is CC.Cc1ccc(Nc2c(C(=O)NC3CC3)c(Oc3cccc(CSN(C)C)c3)c(C)c(=O)n2C)c(F)c1. The molecule has 7 nitrogen and oxygen atoms in total. The van der Waals surface area contributed by atoms with Crippen molar-refractivity contribution in [3.05, 3.63) is 80.9 Å². The van der Waals surface area contributed by atoms with Crippen LogP contribution < -0.4 is 20.9 Å². The Morgan fingerprint density at radius 1 is 1.16 bits per heavy atom. The van der Waals surface area contributed by atoms with Gasteiger partial charge in [-0.3, -0.25) is 18.5 Å². The van der Waals surface area contributed by atoms with E-state index in [9.17, 15) is 14.0 Å². The van der Waals surface area contributed by atoms with E-state index in [1.54, 1.807) is 51.0 Å². The highest BCUT2D eigenvalue weighted by Gasteiger charge is 2.30. The Morgan fingerprint density at radius 3 is 2.50 bits per heavy atom. The van der Waals surface area contributed by atoms with Gasteiger partial charge in [0.15, 0.2) is 5.75 Å². The number of ether oxygens (including phenoxy) is 1. The molecule has 38 heavy (non-hydrogen) atoms. The van der Waals surface area contributed by atoms with Crippen molar-refractivity contribution < 1.29 is 13.9 Å². The van der Waals surface area contributed by atoms with Gasteiger partial charge in [0.2, 0.25) is 0 Å². The number of rotatable bonds is 9. The summed E-state index contributed by atoms with van der Waals surface area (Å²) in [6, 6.07) is 12.4. The van der Waals surface area contributed by atoms with Gasteiger partial charge in [0.25, 0.3) is 11.5 Å². The number of hydrogen-bond donors (Lipinski definition) is 2. The molecule has 2 N–H and O–H groups in total. The molecule has 1 saturated carbocycles. The van der Waals surface area contributed by atoms with Crippen LogP contribution >= 0.6 is 11.9 Å². The molecule has 3 aromatic rings. The third-order valence-electron chi connectivity index (χ3n) is 5.89. The summed E-state index contributed by atoms with van der Waals surface area (Å²) in [5.74, 6) is 0.722. The molecule has 0 saturated heterocycles. The molecule has 1 fully saturated rings. The first kappa shape index (κ1) is 29.3. The average molecular weight is 541 g/mol. The number of benzene rings is 2. The number of aryl methyl sites for hydroxylation is 1. The van der Waals surface area contributed by atoms with Crippen molar-refractivity contribution in [1.29, 1.82) is 0 Å². The average Bonchev–Trinajstić information content (AvgIpc) is 3.71. The van der Waals surface area contributed by atoms with Gasteiger partial charge in [0.05, 0.1) is 11.3 Å². The van der Waals surface area contributed by atoms with Crippen molar-refractivity contribution in [2.24, 2.45) is 7.05 Å². The topological polar surface area (TPSA) is 75.6 Å². The van der Waals surface area contributed by atoms with Crippen LogP contribution in [0.3, 0.4) is 0 Å². The Bertz CT molecular complexity index is 1350. The second-order valence-electron chi connectivity index (χ2n) is 9.23. The lowest BCUT2D eigenvalue weighted by molar-refractivity contribution is 0.0948. The molecule has 1 aliphatic carbocycles. The minimum absolute atomic E-state index is 0.0817. The number of nitrogens with one attached hydrogen (secondary N) is 2. The summed E-state index contributed by atoms with van der Waals surface area (Å²) in [5, 5.41) is 5.97. The Morgan fingerprint density at radius 2 is 1.87 bits per heavy atom. The van der Waals surface area contributed by atoms with E-state index < -0.39 is 5.82 Å². The number of amides is 1. The number of halogens is 1. The molecule has 0 radical (unpaired) electrons. The van der Waals surface area contributed by atoms with Gasteiger partial charge in [-0.15, -0.1) is 0 Å². The summed E-state index contributed by atoms with van der Waals surface area (Å²) in [6.07, 6.45) is 1.79. The number of carbonyl (C=O) groups is 1. The summed E-state index contributed by atoms with van der Waals surface area (Å²) >= 11 is 1.65. The summed E-state index contributed by atoms with van der Waals surface area (Å²) in [6.45, 7) is 7.42. The van der Waals surface area contributed by atoms with E-state index in [0.29, 0.717) is 11.3 Å².